The third-order valence-electron chi connectivity index (χ3n) is 2.37. The zero-order valence-electron chi connectivity index (χ0n) is 10.3. The van der Waals surface area contributed by atoms with Crippen molar-refractivity contribution in [3.05, 3.63) is 29.6 Å². The van der Waals surface area contributed by atoms with Gasteiger partial charge in [0.25, 0.3) is 0 Å². The molecule has 0 heterocycles. The van der Waals surface area contributed by atoms with Gasteiger partial charge in [0, 0.05) is 18.7 Å². The first-order valence-corrected chi connectivity index (χ1v) is 5.58. The van der Waals surface area contributed by atoms with Gasteiger partial charge in [-0.1, -0.05) is 0 Å². The van der Waals surface area contributed by atoms with Crippen LogP contribution in [0.4, 0.5) is 14.9 Å². The van der Waals surface area contributed by atoms with Gasteiger partial charge in [0.15, 0.2) is 0 Å². The number of aliphatic carboxylic acids is 1. The van der Waals surface area contributed by atoms with Gasteiger partial charge in [0.1, 0.15) is 17.9 Å². The van der Waals surface area contributed by atoms with Crippen LogP contribution in [0.15, 0.2) is 18.2 Å². The van der Waals surface area contributed by atoms with Gasteiger partial charge in [-0.3, -0.25) is 0 Å². The van der Waals surface area contributed by atoms with E-state index >= 15 is 0 Å². The fourth-order valence-corrected chi connectivity index (χ4v) is 1.40. The summed E-state index contributed by atoms with van der Waals surface area (Å²) in [5, 5.41) is 30.5. The summed E-state index contributed by atoms with van der Waals surface area (Å²) in [5.74, 6) is -2.01. The molecule has 0 aliphatic carbocycles. The lowest BCUT2D eigenvalue weighted by Crippen LogP contribution is -2.43. The molecule has 0 spiro atoms. The highest BCUT2D eigenvalue weighted by molar-refractivity contribution is 5.92. The first kappa shape index (κ1) is 15.4. The molecule has 0 saturated heterocycles. The summed E-state index contributed by atoms with van der Waals surface area (Å²) in [6.45, 7) is -0.396. The molecule has 20 heavy (non-hydrogen) atoms. The minimum absolute atomic E-state index is 0.143. The molecule has 2 amide bonds. The van der Waals surface area contributed by atoms with E-state index in [1.165, 1.54) is 6.07 Å². The van der Waals surface area contributed by atoms with Crippen LogP contribution in [0.1, 0.15) is 12.0 Å². The van der Waals surface area contributed by atoms with Crippen LogP contribution in [-0.2, 0) is 4.79 Å². The highest BCUT2D eigenvalue weighted by atomic mass is 19.1. The number of aliphatic hydroxyl groups excluding tert-OH is 1. The molecule has 106 valence electrons. The largest absolute Gasteiger partial charge is 0.480 e. The monoisotopic (exact) mass is 281 g/mol. The molecule has 1 aromatic rings. The SMILES string of the molecule is N#Cc1cc(NC(=O)N[C@H](CCO)C(=O)O)ccc1F. The predicted octanol–water partition coefficient (Wildman–Crippen LogP) is 0.654. The van der Waals surface area contributed by atoms with Crippen LogP contribution in [0.2, 0.25) is 0 Å². The van der Waals surface area contributed by atoms with Gasteiger partial charge >= 0.3 is 12.0 Å². The van der Waals surface area contributed by atoms with Crippen LogP contribution in [0.3, 0.4) is 0 Å². The molecule has 4 N–H and O–H groups in total. The number of rotatable bonds is 5. The van der Waals surface area contributed by atoms with Crippen molar-refractivity contribution >= 4 is 17.7 Å². The van der Waals surface area contributed by atoms with Crippen LogP contribution in [-0.4, -0.2) is 34.9 Å². The Morgan fingerprint density at radius 1 is 1.45 bits per heavy atom. The minimum Gasteiger partial charge on any atom is -0.480 e. The van der Waals surface area contributed by atoms with Crippen LogP contribution in [0.25, 0.3) is 0 Å². The molecular weight excluding hydrogens is 269 g/mol. The van der Waals surface area contributed by atoms with Gasteiger partial charge in [-0.15, -0.1) is 0 Å². The van der Waals surface area contributed by atoms with Crippen LogP contribution in [0, 0.1) is 17.1 Å². The van der Waals surface area contributed by atoms with Gasteiger partial charge in [-0.25, -0.2) is 14.0 Å². The maximum Gasteiger partial charge on any atom is 0.326 e. The predicted molar refractivity (Wildman–Crippen MR) is 66.4 cm³/mol. The van der Waals surface area contributed by atoms with Gasteiger partial charge in [0.05, 0.1) is 5.56 Å². The summed E-state index contributed by atoms with van der Waals surface area (Å²) in [5.41, 5.74) is -0.0958. The Bertz CT molecular complexity index is 556. The Hall–Kier alpha value is -2.66. The molecule has 0 radical (unpaired) electrons. The molecule has 0 saturated carbocycles. The number of carbonyl (C=O) groups is 2. The maximum atomic E-state index is 13.1. The number of nitrogens with one attached hydrogen (secondary N) is 2. The molecule has 0 fully saturated rings. The molecule has 1 atom stereocenters. The molecule has 7 nitrogen and oxygen atoms in total. The lowest BCUT2D eigenvalue weighted by Gasteiger charge is -2.14. The topological polar surface area (TPSA) is 122 Å². The molecule has 0 unspecified atom stereocenters. The summed E-state index contributed by atoms with van der Waals surface area (Å²) < 4.78 is 13.1. The summed E-state index contributed by atoms with van der Waals surface area (Å²) in [6.07, 6.45) is -0.143. The van der Waals surface area contributed by atoms with Crippen molar-refractivity contribution in [3.8, 4) is 6.07 Å². The minimum atomic E-state index is -1.29. The van der Waals surface area contributed by atoms with Crippen molar-refractivity contribution in [1.82, 2.24) is 5.32 Å². The van der Waals surface area contributed by atoms with Crippen molar-refractivity contribution in [2.45, 2.75) is 12.5 Å². The van der Waals surface area contributed by atoms with Crippen molar-refractivity contribution < 1.29 is 24.2 Å². The molecular formula is C12H12FN3O4. The lowest BCUT2D eigenvalue weighted by molar-refractivity contribution is -0.139. The van der Waals surface area contributed by atoms with Crippen molar-refractivity contribution in [1.29, 1.82) is 5.26 Å². The van der Waals surface area contributed by atoms with Crippen molar-refractivity contribution in [3.63, 3.8) is 0 Å². The molecule has 0 aliphatic rings. The summed E-state index contributed by atoms with van der Waals surface area (Å²) >= 11 is 0. The fraction of sp³-hybridized carbons (Fsp3) is 0.250. The number of carboxylic acid groups (broad SMARTS) is 1. The second kappa shape index (κ2) is 7.06. The second-order valence-corrected chi connectivity index (χ2v) is 3.81. The highest BCUT2D eigenvalue weighted by Crippen LogP contribution is 2.13. The van der Waals surface area contributed by atoms with Crippen molar-refractivity contribution in [2.75, 3.05) is 11.9 Å². The summed E-state index contributed by atoms with van der Waals surface area (Å²) in [6, 6.07) is 2.91. The van der Waals surface area contributed by atoms with E-state index in [1.807, 2.05) is 0 Å². The number of anilines is 1. The number of nitriles is 1. The van der Waals surface area contributed by atoms with E-state index in [0.29, 0.717) is 0 Å². The number of carbonyl (C=O) groups excluding carboxylic acids is 1. The van der Waals surface area contributed by atoms with Crippen LogP contribution in [0.5, 0.6) is 0 Å². The average Bonchev–Trinajstić information content (AvgIpc) is 2.40. The first-order valence-electron chi connectivity index (χ1n) is 5.58. The Morgan fingerprint density at radius 2 is 2.15 bits per heavy atom. The molecule has 0 aliphatic heterocycles. The number of hydrogen-bond acceptors (Lipinski definition) is 4. The standard InChI is InChI=1S/C12H12FN3O4/c13-9-2-1-8(5-7(9)6-14)15-12(20)16-10(3-4-17)11(18)19/h1-2,5,10,17H,3-4H2,(H,18,19)(H2,15,16,20)/t10-/m1/s1. The zero-order chi connectivity index (χ0) is 15.1. The van der Waals surface area contributed by atoms with E-state index in [2.05, 4.69) is 10.6 Å². The second-order valence-electron chi connectivity index (χ2n) is 3.81. The van der Waals surface area contributed by atoms with E-state index in [4.69, 9.17) is 15.5 Å². The number of nitrogens with zero attached hydrogens (tertiary/aromatic N) is 1. The van der Waals surface area contributed by atoms with Crippen LogP contribution < -0.4 is 10.6 Å². The maximum absolute atomic E-state index is 13.1. The van der Waals surface area contributed by atoms with Crippen LogP contribution >= 0.6 is 0 Å². The Kier molecular flexibility index (Phi) is 5.43. The number of carboxylic acids is 1. The molecule has 1 aromatic carbocycles. The van der Waals surface area contributed by atoms with Crippen molar-refractivity contribution in [2.24, 2.45) is 0 Å². The summed E-state index contributed by atoms with van der Waals surface area (Å²) in [4.78, 5) is 22.3. The normalized spacial score (nSPS) is 11.2. The average molecular weight is 281 g/mol. The Balaban J connectivity index is 2.71. The van der Waals surface area contributed by atoms with E-state index < -0.39 is 30.5 Å². The number of hydrogen-bond donors (Lipinski definition) is 4. The first-order chi connectivity index (χ1) is 9.47. The Morgan fingerprint density at radius 3 is 2.70 bits per heavy atom. The zero-order valence-corrected chi connectivity index (χ0v) is 10.3. The van der Waals surface area contributed by atoms with Gasteiger partial charge in [-0.05, 0) is 18.2 Å². The molecule has 1 rings (SSSR count). The van der Waals surface area contributed by atoms with E-state index in [0.717, 1.165) is 12.1 Å². The van der Waals surface area contributed by atoms with Gasteiger partial charge in [0.2, 0.25) is 0 Å². The third kappa shape index (κ3) is 4.22. The number of halogens is 1. The smallest absolute Gasteiger partial charge is 0.326 e. The number of amides is 2. The van der Waals surface area contributed by atoms with Gasteiger partial charge < -0.3 is 20.8 Å². The molecule has 0 bridgehead atoms. The highest BCUT2D eigenvalue weighted by Gasteiger charge is 2.19. The number of urea groups is 1. The van der Waals surface area contributed by atoms with E-state index in [1.54, 1.807) is 6.07 Å². The van der Waals surface area contributed by atoms with E-state index in [9.17, 15) is 14.0 Å². The molecule has 0 aromatic heterocycles. The number of aliphatic hydroxyl groups is 1. The fourth-order valence-electron chi connectivity index (χ4n) is 1.40. The van der Waals surface area contributed by atoms with E-state index in [-0.39, 0.29) is 17.7 Å². The molecule has 8 heteroatoms. The Labute approximate surface area is 113 Å². The number of benzene rings is 1. The van der Waals surface area contributed by atoms with Gasteiger partial charge in [-0.2, -0.15) is 5.26 Å². The third-order valence-corrected chi connectivity index (χ3v) is 2.37. The summed E-state index contributed by atoms with van der Waals surface area (Å²) in [7, 11) is 0. The quantitative estimate of drug-likeness (QED) is 0.631. The lowest BCUT2D eigenvalue weighted by atomic mass is 10.2.